The molecule has 1 rings (SSSR count). The van der Waals surface area contributed by atoms with Gasteiger partial charge in [0.15, 0.2) is 0 Å². The minimum atomic E-state index is -0.465. The molecule has 0 fully saturated rings. The average molecular weight is 263 g/mol. The van der Waals surface area contributed by atoms with Gasteiger partial charge in [0.25, 0.3) is 0 Å². The summed E-state index contributed by atoms with van der Waals surface area (Å²) < 4.78 is 5.40. The number of hydrogen-bond acceptors (Lipinski definition) is 3. The van der Waals surface area contributed by atoms with Crippen molar-refractivity contribution in [3.05, 3.63) is 34.9 Å². The van der Waals surface area contributed by atoms with E-state index in [1.165, 1.54) is 11.1 Å². The Hall–Kier alpha value is -1.35. The monoisotopic (exact) mass is 263 g/mol. The molecule has 0 aliphatic carbocycles. The summed E-state index contributed by atoms with van der Waals surface area (Å²) in [6, 6.07) is 6.31. The van der Waals surface area contributed by atoms with E-state index in [0.29, 0.717) is 13.0 Å². The lowest BCUT2D eigenvalue weighted by Crippen LogP contribution is -2.33. The molecule has 3 heteroatoms. The van der Waals surface area contributed by atoms with Gasteiger partial charge in [-0.05, 0) is 46.6 Å². The Morgan fingerprint density at radius 1 is 1.21 bits per heavy atom. The third-order valence-corrected chi connectivity index (χ3v) is 2.79. The largest absolute Gasteiger partial charge is 0.460 e. The van der Waals surface area contributed by atoms with E-state index in [-0.39, 0.29) is 11.9 Å². The van der Waals surface area contributed by atoms with Crippen LogP contribution in [0.3, 0.4) is 0 Å². The highest BCUT2D eigenvalue weighted by atomic mass is 16.6. The summed E-state index contributed by atoms with van der Waals surface area (Å²) in [5.41, 5.74) is 8.80. The molecule has 106 valence electrons. The van der Waals surface area contributed by atoms with Gasteiger partial charge in [-0.2, -0.15) is 0 Å². The van der Waals surface area contributed by atoms with Crippen molar-refractivity contribution in [2.75, 3.05) is 6.54 Å². The number of carbonyl (C=O) groups is 1. The molecular weight excluding hydrogens is 238 g/mol. The lowest BCUT2D eigenvalue weighted by molar-refractivity contribution is -0.159. The van der Waals surface area contributed by atoms with E-state index < -0.39 is 5.60 Å². The summed E-state index contributed by atoms with van der Waals surface area (Å²) in [6.45, 7) is 10.0. The third kappa shape index (κ3) is 5.43. The molecule has 0 saturated carbocycles. The van der Waals surface area contributed by atoms with Crippen LogP contribution in [-0.2, 0) is 16.0 Å². The molecule has 1 aromatic carbocycles. The lowest BCUT2D eigenvalue weighted by Gasteiger charge is -2.23. The van der Waals surface area contributed by atoms with Crippen LogP contribution in [0.15, 0.2) is 18.2 Å². The summed E-state index contributed by atoms with van der Waals surface area (Å²) in [4.78, 5) is 12.1. The van der Waals surface area contributed by atoms with Crippen molar-refractivity contribution in [3.8, 4) is 0 Å². The Kier molecular flexibility index (Phi) is 5.12. The Morgan fingerprint density at radius 2 is 1.74 bits per heavy atom. The summed E-state index contributed by atoms with van der Waals surface area (Å²) in [5, 5.41) is 0. The van der Waals surface area contributed by atoms with Crippen LogP contribution >= 0.6 is 0 Å². The zero-order valence-electron chi connectivity index (χ0n) is 12.6. The quantitative estimate of drug-likeness (QED) is 0.850. The maximum absolute atomic E-state index is 12.1. The fourth-order valence-electron chi connectivity index (χ4n) is 2.12. The van der Waals surface area contributed by atoms with Crippen molar-refractivity contribution in [2.24, 2.45) is 11.7 Å². The maximum atomic E-state index is 12.1. The zero-order chi connectivity index (χ0) is 14.6. The summed E-state index contributed by atoms with van der Waals surface area (Å²) >= 11 is 0. The van der Waals surface area contributed by atoms with E-state index in [0.717, 1.165) is 5.56 Å². The summed E-state index contributed by atoms with van der Waals surface area (Å²) in [5.74, 6) is -0.491. The van der Waals surface area contributed by atoms with Gasteiger partial charge in [0.2, 0.25) is 0 Å². The fraction of sp³-hybridized carbons (Fsp3) is 0.562. The van der Waals surface area contributed by atoms with Crippen LogP contribution in [0.4, 0.5) is 0 Å². The van der Waals surface area contributed by atoms with Gasteiger partial charge < -0.3 is 10.5 Å². The Balaban J connectivity index is 2.79. The molecule has 0 aliphatic heterocycles. The number of nitrogens with two attached hydrogens (primary N) is 1. The standard InChI is InChI=1S/C16H25NO2/c1-11-6-12(2)8-13(7-11)9-14(10-17)15(18)19-16(3,4)5/h6-8,14H,9-10,17H2,1-5H3. The topological polar surface area (TPSA) is 52.3 Å². The molecule has 1 aromatic rings. The van der Waals surface area contributed by atoms with E-state index in [1.54, 1.807) is 0 Å². The first-order chi connectivity index (χ1) is 8.71. The maximum Gasteiger partial charge on any atom is 0.311 e. The van der Waals surface area contributed by atoms with E-state index in [9.17, 15) is 4.79 Å². The highest BCUT2D eigenvalue weighted by molar-refractivity contribution is 5.73. The second-order valence-electron chi connectivity index (χ2n) is 6.17. The highest BCUT2D eigenvalue weighted by Gasteiger charge is 2.24. The van der Waals surface area contributed by atoms with Gasteiger partial charge in [0.1, 0.15) is 5.60 Å². The van der Waals surface area contributed by atoms with Crippen molar-refractivity contribution >= 4 is 5.97 Å². The molecule has 0 spiro atoms. The second kappa shape index (κ2) is 6.20. The lowest BCUT2D eigenvalue weighted by atomic mass is 9.96. The Morgan fingerprint density at radius 3 is 2.16 bits per heavy atom. The SMILES string of the molecule is Cc1cc(C)cc(CC(CN)C(=O)OC(C)(C)C)c1. The second-order valence-corrected chi connectivity index (χ2v) is 6.17. The molecule has 0 aliphatic rings. The highest BCUT2D eigenvalue weighted by Crippen LogP contribution is 2.17. The van der Waals surface area contributed by atoms with Gasteiger partial charge in [0, 0.05) is 6.54 Å². The molecule has 1 unspecified atom stereocenters. The third-order valence-electron chi connectivity index (χ3n) is 2.79. The number of aryl methyl sites for hydroxylation is 2. The van der Waals surface area contributed by atoms with Crippen LogP contribution in [0.25, 0.3) is 0 Å². The van der Waals surface area contributed by atoms with Gasteiger partial charge in [-0.3, -0.25) is 4.79 Å². The van der Waals surface area contributed by atoms with Crippen molar-refractivity contribution in [1.29, 1.82) is 0 Å². The first kappa shape index (κ1) is 15.7. The first-order valence-electron chi connectivity index (χ1n) is 6.71. The molecule has 2 N–H and O–H groups in total. The van der Waals surface area contributed by atoms with Crippen LogP contribution in [0, 0.1) is 19.8 Å². The Labute approximate surface area is 116 Å². The number of esters is 1. The number of hydrogen-bond donors (Lipinski definition) is 1. The van der Waals surface area contributed by atoms with Gasteiger partial charge in [0.05, 0.1) is 5.92 Å². The van der Waals surface area contributed by atoms with Crippen LogP contribution < -0.4 is 5.73 Å². The number of rotatable bonds is 4. The van der Waals surface area contributed by atoms with E-state index in [1.807, 2.05) is 20.8 Å². The predicted molar refractivity (Wildman–Crippen MR) is 78.0 cm³/mol. The molecule has 3 nitrogen and oxygen atoms in total. The molecule has 1 atom stereocenters. The predicted octanol–water partition coefficient (Wildman–Crippen LogP) is 2.76. The van der Waals surface area contributed by atoms with Crippen LogP contribution in [0.5, 0.6) is 0 Å². The smallest absolute Gasteiger partial charge is 0.311 e. The van der Waals surface area contributed by atoms with Crippen molar-refractivity contribution < 1.29 is 9.53 Å². The van der Waals surface area contributed by atoms with Crippen molar-refractivity contribution in [3.63, 3.8) is 0 Å². The average Bonchev–Trinajstić information content (AvgIpc) is 2.21. The summed E-state index contributed by atoms with van der Waals surface area (Å²) in [7, 11) is 0. The van der Waals surface area contributed by atoms with Gasteiger partial charge in [-0.15, -0.1) is 0 Å². The fourth-order valence-corrected chi connectivity index (χ4v) is 2.12. The number of carbonyl (C=O) groups excluding carboxylic acids is 1. The Bertz CT molecular complexity index is 426. The minimum absolute atomic E-state index is 0.214. The molecule has 0 bridgehead atoms. The van der Waals surface area contributed by atoms with Gasteiger partial charge in [-0.1, -0.05) is 29.3 Å². The molecule has 0 radical (unpaired) electrons. The molecule has 0 heterocycles. The minimum Gasteiger partial charge on any atom is -0.460 e. The van der Waals surface area contributed by atoms with Gasteiger partial charge >= 0.3 is 5.97 Å². The molecule has 0 amide bonds. The van der Waals surface area contributed by atoms with Gasteiger partial charge in [-0.25, -0.2) is 0 Å². The van der Waals surface area contributed by atoms with Crippen molar-refractivity contribution in [1.82, 2.24) is 0 Å². The normalized spacial score (nSPS) is 13.2. The van der Waals surface area contributed by atoms with Crippen LogP contribution in [0.1, 0.15) is 37.5 Å². The molecule has 0 saturated heterocycles. The molecule has 0 aromatic heterocycles. The van der Waals surface area contributed by atoms with E-state index in [2.05, 4.69) is 32.0 Å². The van der Waals surface area contributed by atoms with Crippen LogP contribution in [0.2, 0.25) is 0 Å². The van der Waals surface area contributed by atoms with Crippen LogP contribution in [-0.4, -0.2) is 18.1 Å². The number of ether oxygens (including phenoxy) is 1. The zero-order valence-corrected chi connectivity index (χ0v) is 12.6. The van der Waals surface area contributed by atoms with Crippen molar-refractivity contribution in [2.45, 2.75) is 46.6 Å². The number of benzene rings is 1. The first-order valence-corrected chi connectivity index (χ1v) is 6.71. The molecular formula is C16H25NO2. The van der Waals surface area contributed by atoms with E-state index in [4.69, 9.17) is 10.5 Å². The molecule has 19 heavy (non-hydrogen) atoms. The summed E-state index contributed by atoms with van der Waals surface area (Å²) in [6.07, 6.45) is 0.633. The van der Waals surface area contributed by atoms with E-state index >= 15 is 0 Å².